The minimum atomic E-state index is 0.876. The van der Waals surface area contributed by atoms with E-state index in [4.69, 9.17) is 0 Å². The predicted octanol–water partition coefficient (Wildman–Crippen LogP) is 3.62. The first kappa shape index (κ1) is 11.0. The van der Waals surface area contributed by atoms with Crippen LogP contribution in [-0.4, -0.2) is 19.9 Å². The summed E-state index contributed by atoms with van der Waals surface area (Å²) in [5.74, 6) is 0.876. The Labute approximate surface area is 115 Å². The first-order valence-corrected chi connectivity index (χ1v) is 6.45. The maximum absolute atomic E-state index is 4.47. The lowest BCUT2D eigenvalue weighted by atomic mass is 10.1. The molecular formula is C16H12N4. The molecule has 3 heterocycles. The standard InChI is InChI=1S/C16H12N4/c1-2-4-11(5-3-1)15-19-10-14(20-15)12-6-8-17-16-13(12)7-9-18-16/h1-10H,(H,17,18)(H,19,20). The van der Waals surface area contributed by atoms with Crippen LogP contribution in [0.5, 0.6) is 0 Å². The number of benzene rings is 1. The lowest BCUT2D eigenvalue weighted by Crippen LogP contribution is -1.83. The van der Waals surface area contributed by atoms with E-state index in [1.54, 1.807) is 6.20 Å². The molecule has 0 saturated carbocycles. The molecule has 0 radical (unpaired) electrons. The van der Waals surface area contributed by atoms with Gasteiger partial charge in [0.15, 0.2) is 0 Å². The van der Waals surface area contributed by atoms with Crippen molar-refractivity contribution in [3.63, 3.8) is 0 Å². The van der Waals surface area contributed by atoms with Gasteiger partial charge in [0.25, 0.3) is 0 Å². The Morgan fingerprint density at radius 2 is 1.80 bits per heavy atom. The minimum Gasteiger partial charge on any atom is -0.346 e. The summed E-state index contributed by atoms with van der Waals surface area (Å²) in [6.45, 7) is 0. The van der Waals surface area contributed by atoms with Crippen LogP contribution in [0, 0.1) is 0 Å². The SMILES string of the molecule is c1ccc(-c2ncc(-c3ccnc4[nH]ccc34)[nH]2)cc1. The summed E-state index contributed by atoms with van der Waals surface area (Å²) in [6.07, 6.45) is 5.57. The fourth-order valence-corrected chi connectivity index (χ4v) is 2.40. The molecule has 4 nitrogen and oxygen atoms in total. The molecule has 0 bridgehead atoms. The van der Waals surface area contributed by atoms with Crippen LogP contribution in [0.1, 0.15) is 0 Å². The Kier molecular flexibility index (Phi) is 2.39. The van der Waals surface area contributed by atoms with Gasteiger partial charge < -0.3 is 9.97 Å². The van der Waals surface area contributed by atoms with Gasteiger partial charge >= 0.3 is 0 Å². The maximum Gasteiger partial charge on any atom is 0.137 e. The molecule has 0 aliphatic carbocycles. The van der Waals surface area contributed by atoms with E-state index in [-0.39, 0.29) is 0 Å². The molecule has 0 unspecified atom stereocenters. The van der Waals surface area contributed by atoms with E-state index in [9.17, 15) is 0 Å². The zero-order valence-corrected chi connectivity index (χ0v) is 10.7. The summed E-state index contributed by atoms with van der Waals surface area (Å²) in [6, 6.07) is 14.1. The third-order valence-corrected chi connectivity index (χ3v) is 3.37. The van der Waals surface area contributed by atoms with Gasteiger partial charge in [0.1, 0.15) is 11.5 Å². The number of rotatable bonds is 2. The average molecular weight is 260 g/mol. The van der Waals surface area contributed by atoms with Crippen molar-refractivity contribution >= 4 is 11.0 Å². The molecule has 0 spiro atoms. The van der Waals surface area contributed by atoms with E-state index < -0.39 is 0 Å². The summed E-state index contributed by atoms with van der Waals surface area (Å²) in [7, 11) is 0. The molecule has 0 aliphatic heterocycles. The largest absolute Gasteiger partial charge is 0.346 e. The van der Waals surface area contributed by atoms with Crippen molar-refractivity contribution in [2.24, 2.45) is 0 Å². The highest BCUT2D eigenvalue weighted by Gasteiger charge is 2.09. The van der Waals surface area contributed by atoms with Gasteiger partial charge in [-0.05, 0) is 12.1 Å². The number of imidazole rings is 1. The number of aromatic amines is 2. The third-order valence-electron chi connectivity index (χ3n) is 3.37. The summed E-state index contributed by atoms with van der Waals surface area (Å²) >= 11 is 0. The van der Waals surface area contributed by atoms with E-state index in [1.165, 1.54) is 0 Å². The molecule has 4 aromatic rings. The number of nitrogens with one attached hydrogen (secondary N) is 2. The fraction of sp³-hybridized carbons (Fsp3) is 0. The van der Waals surface area contributed by atoms with Crippen molar-refractivity contribution in [2.75, 3.05) is 0 Å². The van der Waals surface area contributed by atoms with Gasteiger partial charge in [-0.3, -0.25) is 0 Å². The van der Waals surface area contributed by atoms with Crippen molar-refractivity contribution in [3.05, 3.63) is 61.1 Å². The zero-order chi connectivity index (χ0) is 13.4. The Balaban J connectivity index is 1.84. The monoisotopic (exact) mass is 260 g/mol. The first-order chi connectivity index (χ1) is 9.92. The molecule has 0 fully saturated rings. The van der Waals surface area contributed by atoms with Crippen LogP contribution in [0.15, 0.2) is 61.1 Å². The number of pyridine rings is 1. The maximum atomic E-state index is 4.47. The highest BCUT2D eigenvalue weighted by atomic mass is 14.9. The van der Waals surface area contributed by atoms with Crippen LogP contribution in [0.3, 0.4) is 0 Å². The van der Waals surface area contributed by atoms with Gasteiger partial charge in [-0.25, -0.2) is 9.97 Å². The first-order valence-electron chi connectivity index (χ1n) is 6.45. The van der Waals surface area contributed by atoms with E-state index in [0.717, 1.165) is 33.7 Å². The predicted molar refractivity (Wildman–Crippen MR) is 79.1 cm³/mol. The molecule has 0 atom stereocenters. The van der Waals surface area contributed by atoms with Crippen molar-refractivity contribution in [1.29, 1.82) is 0 Å². The highest BCUT2D eigenvalue weighted by molar-refractivity contribution is 5.91. The second kappa shape index (κ2) is 4.35. The molecule has 0 amide bonds. The second-order valence-corrected chi connectivity index (χ2v) is 4.61. The Bertz CT molecular complexity index is 858. The summed E-state index contributed by atoms with van der Waals surface area (Å²) in [5, 5.41) is 1.09. The van der Waals surface area contributed by atoms with Gasteiger partial charge in [-0.2, -0.15) is 0 Å². The van der Waals surface area contributed by atoms with Gasteiger partial charge in [-0.15, -0.1) is 0 Å². The number of fused-ring (bicyclic) bond motifs is 1. The molecule has 0 aliphatic rings. The molecule has 1 aromatic carbocycles. The van der Waals surface area contributed by atoms with E-state index >= 15 is 0 Å². The fourth-order valence-electron chi connectivity index (χ4n) is 2.40. The van der Waals surface area contributed by atoms with Crippen molar-refractivity contribution < 1.29 is 0 Å². The van der Waals surface area contributed by atoms with Gasteiger partial charge in [-0.1, -0.05) is 30.3 Å². The van der Waals surface area contributed by atoms with Gasteiger partial charge in [0, 0.05) is 28.9 Å². The molecule has 3 aromatic heterocycles. The number of aromatic nitrogens is 4. The van der Waals surface area contributed by atoms with Crippen LogP contribution in [0.2, 0.25) is 0 Å². The number of hydrogen-bond acceptors (Lipinski definition) is 2. The van der Waals surface area contributed by atoms with Crippen molar-refractivity contribution in [3.8, 4) is 22.6 Å². The number of hydrogen-bond donors (Lipinski definition) is 2. The van der Waals surface area contributed by atoms with Crippen molar-refractivity contribution in [1.82, 2.24) is 19.9 Å². The molecule has 4 heteroatoms. The Morgan fingerprint density at radius 1 is 0.900 bits per heavy atom. The quantitative estimate of drug-likeness (QED) is 0.578. The lowest BCUT2D eigenvalue weighted by Gasteiger charge is -1.99. The van der Waals surface area contributed by atoms with Crippen LogP contribution in [-0.2, 0) is 0 Å². The Morgan fingerprint density at radius 3 is 2.70 bits per heavy atom. The number of nitrogens with zero attached hydrogens (tertiary/aromatic N) is 2. The topological polar surface area (TPSA) is 57.4 Å². The molecular weight excluding hydrogens is 248 g/mol. The highest BCUT2D eigenvalue weighted by Crippen LogP contribution is 2.27. The smallest absolute Gasteiger partial charge is 0.137 e. The lowest BCUT2D eigenvalue weighted by molar-refractivity contribution is 1.30. The van der Waals surface area contributed by atoms with E-state index in [2.05, 4.69) is 19.9 Å². The molecule has 4 rings (SSSR count). The molecule has 20 heavy (non-hydrogen) atoms. The van der Waals surface area contributed by atoms with Crippen LogP contribution in [0.4, 0.5) is 0 Å². The second-order valence-electron chi connectivity index (χ2n) is 4.61. The minimum absolute atomic E-state index is 0.876. The summed E-state index contributed by atoms with van der Waals surface area (Å²) < 4.78 is 0. The normalized spacial score (nSPS) is 11.0. The summed E-state index contributed by atoms with van der Waals surface area (Å²) in [5.41, 5.74) is 4.07. The summed E-state index contributed by atoms with van der Waals surface area (Å²) in [4.78, 5) is 15.3. The van der Waals surface area contributed by atoms with Gasteiger partial charge in [0.05, 0.1) is 11.9 Å². The van der Waals surface area contributed by atoms with Crippen molar-refractivity contribution in [2.45, 2.75) is 0 Å². The van der Waals surface area contributed by atoms with Crippen LogP contribution in [0.25, 0.3) is 33.7 Å². The van der Waals surface area contributed by atoms with Gasteiger partial charge in [0.2, 0.25) is 0 Å². The third kappa shape index (κ3) is 1.70. The van der Waals surface area contributed by atoms with Crippen LogP contribution >= 0.6 is 0 Å². The van der Waals surface area contributed by atoms with E-state index in [0.29, 0.717) is 0 Å². The van der Waals surface area contributed by atoms with E-state index in [1.807, 2.05) is 54.9 Å². The van der Waals surface area contributed by atoms with Crippen LogP contribution < -0.4 is 0 Å². The Hall–Kier alpha value is -2.88. The molecule has 96 valence electrons. The average Bonchev–Trinajstić information content (AvgIpc) is 3.17. The number of H-pyrrole nitrogens is 2. The molecule has 0 saturated heterocycles. The zero-order valence-electron chi connectivity index (χ0n) is 10.7. The molecule has 2 N–H and O–H groups in total.